The van der Waals surface area contributed by atoms with Gasteiger partial charge in [-0.2, -0.15) is 0 Å². The van der Waals surface area contributed by atoms with Crippen LogP contribution in [0.25, 0.3) is 10.9 Å². The van der Waals surface area contributed by atoms with Crippen molar-refractivity contribution >= 4 is 16.8 Å². The number of amides is 1. The summed E-state index contributed by atoms with van der Waals surface area (Å²) in [6.45, 7) is 0. The van der Waals surface area contributed by atoms with Gasteiger partial charge in [0.2, 0.25) is 5.91 Å². The van der Waals surface area contributed by atoms with Crippen molar-refractivity contribution in [3.63, 3.8) is 0 Å². The number of nitrogens with zero attached hydrogens (tertiary/aromatic N) is 2. The zero-order valence-electron chi connectivity index (χ0n) is 14.4. The molecule has 1 aromatic carbocycles. The van der Waals surface area contributed by atoms with Gasteiger partial charge in [0.05, 0.1) is 24.1 Å². The van der Waals surface area contributed by atoms with Gasteiger partial charge in [-0.25, -0.2) is 0 Å². The first-order chi connectivity index (χ1) is 12.7. The summed E-state index contributed by atoms with van der Waals surface area (Å²) in [5, 5.41) is 13.9. The van der Waals surface area contributed by atoms with Crippen molar-refractivity contribution in [2.45, 2.75) is 31.4 Å². The molecule has 1 saturated carbocycles. The van der Waals surface area contributed by atoms with Crippen LogP contribution in [0.15, 0.2) is 61.1 Å². The van der Waals surface area contributed by atoms with Crippen LogP contribution in [-0.2, 0) is 11.2 Å². The number of hydrogen-bond donors (Lipinski definition) is 2. The predicted octanol–water partition coefficient (Wildman–Crippen LogP) is 2.80. The largest absolute Gasteiger partial charge is 0.393 e. The number of rotatable bonds is 5. The minimum atomic E-state index is -0.272. The number of carbonyl (C=O) groups excluding carboxylic acids is 1. The Kier molecular flexibility index (Phi) is 4.63. The van der Waals surface area contributed by atoms with Crippen LogP contribution in [0.4, 0.5) is 0 Å². The average Bonchev–Trinajstić information content (AvgIpc) is 2.64. The van der Waals surface area contributed by atoms with Crippen molar-refractivity contribution in [1.29, 1.82) is 0 Å². The monoisotopic (exact) mass is 347 g/mol. The number of pyridine rings is 2. The lowest BCUT2D eigenvalue weighted by Crippen LogP contribution is -2.42. The minimum Gasteiger partial charge on any atom is -0.393 e. The highest BCUT2D eigenvalue weighted by molar-refractivity contribution is 5.80. The van der Waals surface area contributed by atoms with E-state index in [0.717, 1.165) is 22.0 Å². The summed E-state index contributed by atoms with van der Waals surface area (Å²) < 4.78 is 0. The van der Waals surface area contributed by atoms with E-state index in [0.29, 0.717) is 19.3 Å². The third kappa shape index (κ3) is 3.58. The fourth-order valence-corrected chi connectivity index (χ4v) is 3.55. The van der Waals surface area contributed by atoms with Crippen LogP contribution in [0.5, 0.6) is 0 Å². The van der Waals surface area contributed by atoms with Gasteiger partial charge in [0.1, 0.15) is 0 Å². The molecule has 132 valence electrons. The zero-order chi connectivity index (χ0) is 17.9. The molecule has 0 saturated heterocycles. The maximum Gasteiger partial charge on any atom is 0.224 e. The lowest BCUT2D eigenvalue weighted by atomic mass is 9.75. The van der Waals surface area contributed by atoms with Crippen LogP contribution in [0.2, 0.25) is 0 Å². The van der Waals surface area contributed by atoms with Gasteiger partial charge in [-0.1, -0.05) is 24.3 Å². The second-order valence-corrected chi connectivity index (χ2v) is 6.93. The van der Waals surface area contributed by atoms with Crippen LogP contribution in [-0.4, -0.2) is 27.1 Å². The number of carbonyl (C=O) groups is 1. The molecule has 0 spiro atoms. The van der Waals surface area contributed by atoms with E-state index in [4.69, 9.17) is 0 Å². The molecule has 0 radical (unpaired) electrons. The summed E-state index contributed by atoms with van der Waals surface area (Å²) in [7, 11) is 0. The molecule has 1 fully saturated rings. The van der Waals surface area contributed by atoms with Crippen molar-refractivity contribution in [3.8, 4) is 0 Å². The first kappa shape index (κ1) is 16.7. The van der Waals surface area contributed by atoms with Gasteiger partial charge >= 0.3 is 0 Å². The molecule has 1 amide bonds. The summed E-state index contributed by atoms with van der Waals surface area (Å²) in [6.07, 6.45) is 6.66. The molecule has 26 heavy (non-hydrogen) atoms. The van der Waals surface area contributed by atoms with E-state index in [9.17, 15) is 9.90 Å². The van der Waals surface area contributed by atoms with E-state index in [2.05, 4.69) is 21.4 Å². The number of fused-ring (bicyclic) bond motifs is 1. The molecule has 2 aromatic heterocycles. The molecule has 0 aliphatic heterocycles. The first-order valence-electron chi connectivity index (χ1n) is 8.90. The van der Waals surface area contributed by atoms with Gasteiger partial charge in [-0.3, -0.25) is 14.8 Å². The number of aromatic nitrogens is 2. The van der Waals surface area contributed by atoms with Crippen LogP contribution < -0.4 is 5.32 Å². The van der Waals surface area contributed by atoms with Gasteiger partial charge in [0.25, 0.3) is 0 Å². The topological polar surface area (TPSA) is 75.1 Å². The summed E-state index contributed by atoms with van der Waals surface area (Å²) in [5.74, 6) is 0.184. The molecule has 5 heteroatoms. The maximum atomic E-state index is 12.6. The quantitative estimate of drug-likeness (QED) is 0.744. The lowest BCUT2D eigenvalue weighted by Gasteiger charge is -2.38. The first-order valence-corrected chi connectivity index (χ1v) is 8.90. The number of nitrogens with one attached hydrogen (secondary N) is 1. The standard InChI is InChI=1S/C21H21N3O2/c25-18-10-16(11-18)21(24-20(26)8-14-4-3-7-22-12-14)17-9-15-5-1-2-6-19(15)23-13-17/h1-7,9,12-13,16,18,21,25H,8,10-11H2,(H,24,26). The van der Waals surface area contributed by atoms with Gasteiger partial charge < -0.3 is 10.4 Å². The Hall–Kier alpha value is -2.79. The fourth-order valence-electron chi connectivity index (χ4n) is 3.55. The highest BCUT2D eigenvalue weighted by Crippen LogP contribution is 2.38. The number of benzene rings is 1. The fraction of sp³-hybridized carbons (Fsp3) is 0.286. The summed E-state index contributed by atoms with van der Waals surface area (Å²) in [4.78, 5) is 21.2. The Balaban J connectivity index is 1.56. The van der Waals surface area contributed by atoms with E-state index >= 15 is 0 Å². The van der Waals surface area contributed by atoms with Crippen molar-refractivity contribution in [2.24, 2.45) is 5.92 Å². The van der Waals surface area contributed by atoms with Gasteiger partial charge in [0, 0.05) is 24.0 Å². The number of aliphatic hydroxyl groups excluding tert-OH is 1. The van der Waals surface area contributed by atoms with Crippen LogP contribution in [0.3, 0.4) is 0 Å². The van der Waals surface area contributed by atoms with E-state index in [-0.39, 0.29) is 24.0 Å². The Labute approximate surface area is 152 Å². The maximum absolute atomic E-state index is 12.6. The molecule has 1 aliphatic carbocycles. The van der Waals surface area contributed by atoms with E-state index < -0.39 is 0 Å². The Morgan fingerprint density at radius 3 is 2.81 bits per heavy atom. The molecule has 3 aromatic rings. The number of aliphatic hydroxyl groups is 1. The van der Waals surface area contributed by atoms with Crippen LogP contribution >= 0.6 is 0 Å². The Bertz CT molecular complexity index is 907. The second-order valence-electron chi connectivity index (χ2n) is 6.93. The van der Waals surface area contributed by atoms with Crippen LogP contribution in [0, 0.1) is 5.92 Å². The number of hydrogen-bond acceptors (Lipinski definition) is 4. The normalized spacial score (nSPS) is 20.3. The molecule has 1 atom stereocenters. The molecule has 2 N–H and O–H groups in total. The van der Waals surface area contributed by atoms with Crippen molar-refractivity contribution in [3.05, 3.63) is 72.2 Å². The van der Waals surface area contributed by atoms with Crippen molar-refractivity contribution < 1.29 is 9.90 Å². The lowest BCUT2D eigenvalue weighted by molar-refractivity contribution is -0.122. The molecule has 0 bridgehead atoms. The van der Waals surface area contributed by atoms with Gasteiger partial charge in [0.15, 0.2) is 0 Å². The Morgan fingerprint density at radius 2 is 2.04 bits per heavy atom. The molecule has 2 heterocycles. The smallest absolute Gasteiger partial charge is 0.224 e. The highest BCUT2D eigenvalue weighted by atomic mass is 16.3. The second kappa shape index (κ2) is 7.22. The molecule has 1 aliphatic rings. The molecule has 5 nitrogen and oxygen atoms in total. The minimum absolute atomic E-state index is 0.0439. The predicted molar refractivity (Wildman–Crippen MR) is 99.3 cm³/mol. The molecular weight excluding hydrogens is 326 g/mol. The van der Waals surface area contributed by atoms with Crippen molar-refractivity contribution in [1.82, 2.24) is 15.3 Å². The molecular formula is C21H21N3O2. The van der Waals surface area contributed by atoms with E-state index in [1.165, 1.54) is 0 Å². The van der Waals surface area contributed by atoms with E-state index in [1.807, 2.05) is 42.6 Å². The van der Waals surface area contributed by atoms with Crippen molar-refractivity contribution in [2.75, 3.05) is 0 Å². The summed E-state index contributed by atoms with van der Waals surface area (Å²) in [5.41, 5.74) is 2.81. The van der Waals surface area contributed by atoms with Crippen LogP contribution in [0.1, 0.15) is 30.0 Å². The third-order valence-corrected chi connectivity index (χ3v) is 5.00. The molecule has 4 rings (SSSR count). The van der Waals surface area contributed by atoms with Gasteiger partial charge in [-0.05, 0) is 48.1 Å². The Morgan fingerprint density at radius 1 is 1.19 bits per heavy atom. The zero-order valence-corrected chi connectivity index (χ0v) is 14.4. The highest BCUT2D eigenvalue weighted by Gasteiger charge is 2.35. The third-order valence-electron chi connectivity index (χ3n) is 5.00. The van der Waals surface area contributed by atoms with Gasteiger partial charge in [-0.15, -0.1) is 0 Å². The number of para-hydroxylation sites is 1. The SMILES string of the molecule is O=C(Cc1cccnc1)NC(c1cnc2ccccc2c1)C1CC(O)C1. The van der Waals surface area contributed by atoms with E-state index in [1.54, 1.807) is 12.4 Å². The summed E-state index contributed by atoms with van der Waals surface area (Å²) in [6, 6.07) is 13.6. The molecule has 1 unspecified atom stereocenters. The average molecular weight is 347 g/mol. The summed E-state index contributed by atoms with van der Waals surface area (Å²) >= 11 is 0.